The molecule has 13 nitrogen and oxygen atoms in total. The lowest BCUT2D eigenvalue weighted by atomic mass is 10.0. The summed E-state index contributed by atoms with van der Waals surface area (Å²) in [7, 11) is 0. The highest BCUT2D eigenvalue weighted by molar-refractivity contribution is 8.01. The van der Waals surface area contributed by atoms with Crippen molar-refractivity contribution in [2.45, 2.75) is 23.6 Å². The first kappa shape index (κ1) is 22.1. The van der Waals surface area contributed by atoms with E-state index in [9.17, 15) is 24.7 Å². The zero-order valence-corrected chi connectivity index (χ0v) is 18.6. The smallest absolute Gasteiger partial charge is 0.352 e. The molecule has 168 valence electrons. The molecule has 0 spiro atoms. The van der Waals surface area contributed by atoms with Crippen molar-refractivity contribution in [2.24, 2.45) is 5.16 Å². The van der Waals surface area contributed by atoms with Crippen molar-refractivity contribution in [3.8, 4) is 0 Å². The summed E-state index contributed by atoms with van der Waals surface area (Å²) in [5, 5.41) is 40.5. The predicted molar refractivity (Wildman–Crippen MR) is 112 cm³/mol. The number of carbonyl (C=O) groups is 3. The number of nitrogens with zero attached hydrogens (tertiary/aromatic N) is 4. The number of thiazole rings is 1. The largest absolute Gasteiger partial charge is 0.477 e. The molecule has 5 N–H and O–H groups in total. The van der Waals surface area contributed by atoms with E-state index >= 15 is 0 Å². The number of aryl methyl sites for hydroxylation is 1. The summed E-state index contributed by atoms with van der Waals surface area (Å²) in [5.74, 6) is -1.71. The van der Waals surface area contributed by atoms with Crippen LogP contribution in [-0.4, -0.2) is 76.8 Å². The van der Waals surface area contributed by atoms with Crippen molar-refractivity contribution in [1.29, 1.82) is 5.41 Å². The van der Waals surface area contributed by atoms with Crippen molar-refractivity contribution in [1.82, 2.24) is 25.4 Å². The third kappa shape index (κ3) is 4.03. The number of aliphatic carboxylic acids is 1. The number of thioether (sulfide) groups is 2. The molecule has 2 aromatic rings. The zero-order valence-electron chi connectivity index (χ0n) is 16.2. The maximum atomic E-state index is 12.7. The average molecular weight is 498 g/mol. The number of hydrogen-bond acceptors (Lipinski definition) is 12. The van der Waals surface area contributed by atoms with Gasteiger partial charge < -0.3 is 25.0 Å². The SMILES string of the molecule is Cc1nnc(SCC2=C(C(=O)O)N3C(=O)C(NC(=O)C(=NO)c4csc(=N)[nH]4)[C@@H]3SC2)o1. The van der Waals surface area contributed by atoms with E-state index in [2.05, 4.69) is 25.7 Å². The van der Waals surface area contributed by atoms with Crippen LogP contribution in [-0.2, 0) is 14.4 Å². The van der Waals surface area contributed by atoms with Crippen molar-refractivity contribution >= 4 is 58.4 Å². The van der Waals surface area contributed by atoms with Crippen molar-refractivity contribution < 1.29 is 29.1 Å². The molecule has 16 heteroatoms. The molecule has 0 aliphatic carbocycles. The van der Waals surface area contributed by atoms with E-state index in [4.69, 9.17) is 9.83 Å². The van der Waals surface area contributed by atoms with Crippen molar-refractivity contribution in [2.75, 3.05) is 11.5 Å². The summed E-state index contributed by atoms with van der Waals surface area (Å²) in [6, 6.07) is -0.986. The van der Waals surface area contributed by atoms with E-state index in [0.717, 1.165) is 16.2 Å². The molecule has 1 fully saturated rings. The first-order chi connectivity index (χ1) is 15.3. The molecule has 1 saturated heterocycles. The van der Waals surface area contributed by atoms with Gasteiger partial charge in [-0.15, -0.1) is 33.3 Å². The van der Waals surface area contributed by atoms with Gasteiger partial charge in [0.05, 0.1) is 5.69 Å². The Kier molecular flexibility index (Phi) is 6.07. The molecule has 1 unspecified atom stereocenters. The van der Waals surface area contributed by atoms with Gasteiger partial charge in [0.2, 0.25) is 5.89 Å². The Morgan fingerprint density at radius 3 is 2.88 bits per heavy atom. The van der Waals surface area contributed by atoms with Crippen LogP contribution in [0.1, 0.15) is 11.6 Å². The van der Waals surface area contributed by atoms with E-state index in [1.165, 1.54) is 28.9 Å². The molecule has 2 aliphatic heterocycles. The molecule has 4 rings (SSSR count). The van der Waals surface area contributed by atoms with Gasteiger partial charge in [-0.2, -0.15) is 0 Å². The van der Waals surface area contributed by atoms with Crippen LogP contribution in [0.15, 0.2) is 31.4 Å². The van der Waals surface area contributed by atoms with Gasteiger partial charge in [-0.3, -0.25) is 19.9 Å². The minimum absolute atomic E-state index is 0.0556. The number of carboxylic acid groups (broad SMARTS) is 1. The van der Waals surface area contributed by atoms with Crippen LogP contribution in [0.2, 0.25) is 0 Å². The molecule has 4 heterocycles. The van der Waals surface area contributed by atoms with Gasteiger partial charge in [0.1, 0.15) is 17.1 Å². The summed E-state index contributed by atoms with van der Waals surface area (Å²) in [4.78, 5) is 40.9. The van der Waals surface area contributed by atoms with E-state index in [-0.39, 0.29) is 27.7 Å². The van der Waals surface area contributed by atoms with Crippen molar-refractivity contribution in [3.05, 3.63) is 33.0 Å². The lowest BCUT2D eigenvalue weighted by Gasteiger charge is -2.49. The Morgan fingerprint density at radius 2 is 2.28 bits per heavy atom. The third-order valence-electron chi connectivity index (χ3n) is 4.53. The number of fused-ring (bicyclic) bond motifs is 1. The normalized spacial score (nSPS) is 20.7. The molecular weight excluding hydrogens is 482 g/mol. The molecule has 2 aromatic heterocycles. The molecule has 32 heavy (non-hydrogen) atoms. The fourth-order valence-corrected chi connectivity index (χ4v) is 5.99. The molecule has 2 atom stereocenters. The second-order valence-electron chi connectivity index (χ2n) is 6.55. The summed E-state index contributed by atoms with van der Waals surface area (Å²) in [6.07, 6.45) is 0. The topological polar surface area (TPSA) is 198 Å². The number of amides is 2. The minimum Gasteiger partial charge on any atom is -0.477 e. The Morgan fingerprint density at radius 1 is 1.50 bits per heavy atom. The molecule has 0 aromatic carbocycles. The molecule has 2 aliphatic rings. The lowest BCUT2D eigenvalue weighted by Crippen LogP contribution is -2.71. The summed E-state index contributed by atoms with van der Waals surface area (Å²) in [6.45, 7) is 1.64. The highest BCUT2D eigenvalue weighted by Crippen LogP contribution is 2.41. The molecule has 0 bridgehead atoms. The monoisotopic (exact) mass is 497 g/mol. The summed E-state index contributed by atoms with van der Waals surface area (Å²) >= 11 is 3.48. The quantitative estimate of drug-likeness (QED) is 0.114. The first-order valence-electron chi connectivity index (χ1n) is 8.88. The Hall–Kier alpha value is -3.11. The first-order valence-corrected chi connectivity index (χ1v) is 11.8. The third-order valence-corrected chi connectivity index (χ3v) is 7.46. The predicted octanol–water partition coefficient (Wildman–Crippen LogP) is -0.0437. The number of rotatable bonds is 7. The van der Waals surface area contributed by atoms with E-state index in [0.29, 0.717) is 22.4 Å². The van der Waals surface area contributed by atoms with Gasteiger partial charge in [-0.25, -0.2) is 4.79 Å². The Bertz CT molecular complexity index is 1210. The maximum absolute atomic E-state index is 12.7. The maximum Gasteiger partial charge on any atom is 0.352 e. The van der Waals surface area contributed by atoms with Gasteiger partial charge in [0, 0.05) is 23.8 Å². The Labute approximate surface area is 191 Å². The number of carbonyl (C=O) groups excluding carboxylic acids is 2. The minimum atomic E-state index is -1.25. The fourth-order valence-electron chi connectivity index (χ4n) is 3.13. The van der Waals surface area contributed by atoms with Crippen LogP contribution in [0.4, 0.5) is 0 Å². The van der Waals surface area contributed by atoms with Gasteiger partial charge in [0.25, 0.3) is 17.0 Å². The molecule has 2 amide bonds. The summed E-state index contributed by atoms with van der Waals surface area (Å²) < 4.78 is 5.28. The van der Waals surface area contributed by atoms with Gasteiger partial charge in [0.15, 0.2) is 10.5 Å². The van der Waals surface area contributed by atoms with Crippen LogP contribution in [0, 0.1) is 12.3 Å². The average Bonchev–Trinajstić information content (AvgIpc) is 3.38. The number of oxime groups is 1. The zero-order chi connectivity index (χ0) is 23.0. The summed E-state index contributed by atoms with van der Waals surface area (Å²) in [5.41, 5.74) is 0.134. The lowest BCUT2D eigenvalue weighted by molar-refractivity contribution is -0.150. The highest BCUT2D eigenvalue weighted by Gasteiger charge is 2.54. The fraction of sp³-hybridized carbons (Fsp3) is 0.312. The number of carboxylic acids is 1. The van der Waals surface area contributed by atoms with E-state index in [1.807, 2.05) is 0 Å². The number of H-pyrrole nitrogens is 1. The number of hydrogen-bond donors (Lipinski definition) is 5. The van der Waals surface area contributed by atoms with Crippen LogP contribution in [0.25, 0.3) is 0 Å². The van der Waals surface area contributed by atoms with Crippen LogP contribution >= 0.6 is 34.9 Å². The number of aromatic amines is 1. The molecule has 0 saturated carbocycles. The van der Waals surface area contributed by atoms with Crippen LogP contribution < -0.4 is 10.1 Å². The van der Waals surface area contributed by atoms with Crippen molar-refractivity contribution in [3.63, 3.8) is 0 Å². The van der Waals surface area contributed by atoms with E-state index < -0.39 is 29.2 Å². The molecule has 0 radical (unpaired) electrons. The Balaban J connectivity index is 1.48. The van der Waals surface area contributed by atoms with Gasteiger partial charge >= 0.3 is 5.97 Å². The second kappa shape index (κ2) is 8.79. The molecular formula is C16H15N7O6S3. The van der Waals surface area contributed by atoms with Crippen LogP contribution in [0.5, 0.6) is 0 Å². The second-order valence-corrected chi connectivity index (χ2v) is 9.46. The standard InChI is InChI=1S/C16H15N7O6S3/c1-5-20-21-16(29-5)32-3-6-2-30-13-9(12(25)23(13)10(6)14(26)27)19-11(24)8(22-28)7-4-31-15(17)18-7/h4,9,13,28H,2-3H2,1H3,(H2,17,18)(H,19,24)(H,26,27)/t9?,13-/m0/s1. The number of nitrogens with one attached hydrogen (secondary N) is 3. The number of aromatic nitrogens is 3. The number of β-lactam (4-membered cyclic amide) rings is 1. The highest BCUT2D eigenvalue weighted by atomic mass is 32.2. The van der Waals surface area contributed by atoms with Gasteiger partial charge in [-0.05, 0) is 5.57 Å². The van der Waals surface area contributed by atoms with Crippen LogP contribution in [0.3, 0.4) is 0 Å². The van der Waals surface area contributed by atoms with E-state index in [1.54, 1.807) is 6.92 Å². The van der Waals surface area contributed by atoms with Gasteiger partial charge in [-0.1, -0.05) is 16.9 Å².